The molecule has 140 valence electrons. The number of nitrogens with one attached hydrogen (secondary N) is 2. The number of para-hydroxylation sites is 1. The summed E-state index contributed by atoms with van der Waals surface area (Å²) in [5, 5.41) is 6.47. The molecule has 1 saturated heterocycles. The Morgan fingerprint density at radius 1 is 1.32 bits per heavy atom. The molecule has 0 saturated carbocycles. The highest BCUT2D eigenvalue weighted by atomic mass is 32.2. The van der Waals surface area contributed by atoms with Gasteiger partial charge in [-0.05, 0) is 31.4 Å². The first kappa shape index (κ1) is 19.5. The third-order valence-corrected chi connectivity index (χ3v) is 6.00. The van der Waals surface area contributed by atoms with Crippen molar-refractivity contribution in [1.29, 1.82) is 0 Å². The summed E-state index contributed by atoms with van der Waals surface area (Å²) >= 11 is 0. The van der Waals surface area contributed by atoms with Crippen LogP contribution in [0.2, 0.25) is 0 Å². The number of guanidine groups is 1. The van der Waals surface area contributed by atoms with Crippen LogP contribution in [0.4, 0.5) is 0 Å². The second kappa shape index (κ2) is 9.62. The van der Waals surface area contributed by atoms with Crippen LogP contribution in [-0.4, -0.2) is 64.3 Å². The molecule has 0 bridgehead atoms. The molecule has 8 heteroatoms. The van der Waals surface area contributed by atoms with E-state index in [-0.39, 0.29) is 5.75 Å². The zero-order valence-corrected chi connectivity index (χ0v) is 15.8. The molecule has 7 nitrogen and oxygen atoms in total. The van der Waals surface area contributed by atoms with Gasteiger partial charge in [0.1, 0.15) is 5.75 Å². The highest BCUT2D eigenvalue weighted by Gasteiger charge is 2.27. The highest BCUT2D eigenvalue weighted by molar-refractivity contribution is 7.89. The molecule has 2 rings (SSSR count). The lowest BCUT2D eigenvalue weighted by Crippen LogP contribution is -2.39. The third-order valence-electron chi connectivity index (χ3n) is 4.05. The number of ether oxygens (including phenoxy) is 1. The number of hydrogen-bond acceptors (Lipinski definition) is 4. The number of aliphatic imine (C=N–C) groups is 1. The molecular weight excluding hydrogens is 340 g/mol. The van der Waals surface area contributed by atoms with Gasteiger partial charge in [0, 0.05) is 26.2 Å². The zero-order chi connectivity index (χ0) is 18.1. The normalized spacial score (nSPS) is 17.4. The maximum atomic E-state index is 11.8. The molecule has 0 spiro atoms. The SMILES string of the molecule is CCNC(=NCCN1CCCS1(=O)=O)NCCc1ccccc1OC. The predicted octanol–water partition coefficient (Wildman–Crippen LogP) is 0.828. The van der Waals surface area contributed by atoms with Gasteiger partial charge in [0.25, 0.3) is 0 Å². The van der Waals surface area contributed by atoms with Gasteiger partial charge in [0.2, 0.25) is 10.0 Å². The van der Waals surface area contributed by atoms with Crippen molar-refractivity contribution in [2.75, 3.05) is 45.6 Å². The van der Waals surface area contributed by atoms with Gasteiger partial charge >= 0.3 is 0 Å². The molecule has 0 radical (unpaired) electrons. The lowest BCUT2D eigenvalue weighted by Gasteiger charge is -2.15. The first-order chi connectivity index (χ1) is 12.1. The molecule has 0 atom stereocenters. The van der Waals surface area contributed by atoms with Crippen LogP contribution in [-0.2, 0) is 16.4 Å². The fraction of sp³-hybridized carbons (Fsp3) is 0.588. The minimum Gasteiger partial charge on any atom is -0.496 e. The number of methoxy groups -OCH3 is 1. The van der Waals surface area contributed by atoms with Crippen LogP contribution in [0.5, 0.6) is 5.75 Å². The van der Waals surface area contributed by atoms with E-state index in [0.717, 1.165) is 24.3 Å². The fourth-order valence-electron chi connectivity index (χ4n) is 2.78. The van der Waals surface area contributed by atoms with E-state index in [2.05, 4.69) is 15.6 Å². The Morgan fingerprint density at radius 3 is 2.80 bits per heavy atom. The van der Waals surface area contributed by atoms with Gasteiger partial charge in [-0.3, -0.25) is 4.99 Å². The predicted molar refractivity (Wildman–Crippen MR) is 101 cm³/mol. The zero-order valence-electron chi connectivity index (χ0n) is 15.0. The standard InChI is InChI=1S/C17H28N4O3S/c1-3-18-17(20-11-13-21-12-6-14-25(21,22)23)19-10-9-15-7-4-5-8-16(15)24-2/h4-5,7-8H,3,6,9-14H2,1-2H3,(H2,18,19,20). The van der Waals surface area contributed by atoms with Gasteiger partial charge in [-0.1, -0.05) is 18.2 Å². The first-order valence-electron chi connectivity index (χ1n) is 8.68. The molecule has 1 aliphatic heterocycles. The number of sulfonamides is 1. The summed E-state index contributed by atoms with van der Waals surface area (Å²) in [5.74, 6) is 1.84. The smallest absolute Gasteiger partial charge is 0.214 e. The minimum atomic E-state index is -3.05. The molecule has 1 heterocycles. The Bertz CT molecular complexity index is 676. The van der Waals surface area contributed by atoms with Gasteiger partial charge in [0.15, 0.2) is 5.96 Å². The van der Waals surface area contributed by atoms with Crippen molar-refractivity contribution in [3.8, 4) is 5.75 Å². The van der Waals surface area contributed by atoms with E-state index in [1.54, 1.807) is 7.11 Å². The Kier molecular flexibility index (Phi) is 7.52. The van der Waals surface area contributed by atoms with Crippen molar-refractivity contribution in [3.63, 3.8) is 0 Å². The van der Waals surface area contributed by atoms with Crippen molar-refractivity contribution in [2.45, 2.75) is 19.8 Å². The summed E-state index contributed by atoms with van der Waals surface area (Å²) in [5.41, 5.74) is 1.14. The van der Waals surface area contributed by atoms with Crippen LogP contribution >= 0.6 is 0 Å². The van der Waals surface area contributed by atoms with Crippen molar-refractivity contribution in [1.82, 2.24) is 14.9 Å². The molecule has 1 aliphatic rings. The molecule has 25 heavy (non-hydrogen) atoms. The van der Waals surface area contributed by atoms with Crippen molar-refractivity contribution in [3.05, 3.63) is 29.8 Å². The van der Waals surface area contributed by atoms with Crippen molar-refractivity contribution < 1.29 is 13.2 Å². The Hall–Kier alpha value is -1.80. The molecule has 0 aromatic heterocycles. The van der Waals surface area contributed by atoms with E-state index in [4.69, 9.17) is 4.74 Å². The van der Waals surface area contributed by atoms with Gasteiger partial charge in [-0.15, -0.1) is 0 Å². The second-order valence-corrected chi connectivity index (χ2v) is 7.91. The van der Waals surface area contributed by atoms with E-state index >= 15 is 0 Å². The molecule has 0 amide bonds. The Balaban J connectivity index is 1.83. The van der Waals surface area contributed by atoms with Crippen molar-refractivity contribution >= 4 is 16.0 Å². The van der Waals surface area contributed by atoms with Crippen LogP contribution in [0.25, 0.3) is 0 Å². The number of hydrogen-bond donors (Lipinski definition) is 2. The monoisotopic (exact) mass is 368 g/mol. The van der Waals surface area contributed by atoms with Crippen LogP contribution in [0.15, 0.2) is 29.3 Å². The molecule has 0 unspecified atom stereocenters. The second-order valence-electron chi connectivity index (χ2n) is 5.82. The van der Waals surface area contributed by atoms with Gasteiger partial charge < -0.3 is 15.4 Å². The topological polar surface area (TPSA) is 83.0 Å². The maximum absolute atomic E-state index is 11.8. The van der Waals surface area contributed by atoms with Crippen LogP contribution in [0, 0.1) is 0 Å². The van der Waals surface area contributed by atoms with Crippen LogP contribution in [0.3, 0.4) is 0 Å². The minimum absolute atomic E-state index is 0.258. The molecule has 1 aromatic rings. The average molecular weight is 369 g/mol. The van der Waals surface area contributed by atoms with Gasteiger partial charge in [-0.25, -0.2) is 12.7 Å². The van der Waals surface area contributed by atoms with Crippen molar-refractivity contribution in [2.24, 2.45) is 4.99 Å². The third kappa shape index (κ3) is 5.89. The summed E-state index contributed by atoms with van der Waals surface area (Å²) in [7, 11) is -1.38. The highest BCUT2D eigenvalue weighted by Crippen LogP contribution is 2.17. The lowest BCUT2D eigenvalue weighted by atomic mass is 10.1. The Labute approximate surface area is 150 Å². The quantitative estimate of drug-likeness (QED) is 0.525. The van der Waals surface area contributed by atoms with Crippen LogP contribution < -0.4 is 15.4 Å². The Morgan fingerprint density at radius 2 is 2.12 bits per heavy atom. The average Bonchev–Trinajstić information content (AvgIpc) is 2.94. The van der Waals surface area contributed by atoms with E-state index in [1.807, 2.05) is 31.2 Å². The molecule has 1 fully saturated rings. The molecule has 0 aliphatic carbocycles. The van der Waals surface area contributed by atoms with E-state index in [1.165, 1.54) is 4.31 Å². The van der Waals surface area contributed by atoms with E-state index in [9.17, 15) is 8.42 Å². The number of benzene rings is 1. The summed E-state index contributed by atoms with van der Waals surface area (Å²) in [6.07, 6.45) is 1.53. The number of nitrogens with zero attached hydrogens (tertiary/aromatic N) is 2. The summed E-state index contributed by atoms with van der Waals surface area (Å²) in [6, 6.07) is 7.94. The van der Waals surface area contributed by atoms with Crippen LogP contribution in [0.1, 0.15) is 18.9 Å². The maximum Gasteiger partial charge on any atom is 0.214 e. The molecular formula is C17H28N4O3S. The fourth-order valence-corrected chi connectivity index (χ4v) is 4.30. The van der Waals surface area contributed by atoms with Gasteiger partial charge in [0.05, 0.1) is 19.4 Å². The van der Waals surface area contributed by atoms with E-state index < -0.39 is 10.0 Å². The largest absolute Gasteiger partial charge is 0.496 e. The van der Waals surface area contributed by atoms with Gasteiger partial charge in [-0.2, -0.15) is 0 Å². The number of rotatable bonds is 8. The molecule has 1 aromatic carbocycles. The lowest BCUT2D eigenvalue weighted by molar-refractivity contribution is 0.409. The molecule has 2 N–H and O–H groups in total. The summed E-state index contributed by atoms with van der Waals surface area (Å²) in [4.78, 5) is 4.47. The summed E-state index contributed by atoms with van der Waals surface area (Å²) < 4.78 is 30.5. The first-order valence-corrected chi connectivity index (χ1v) is 10.3. The summed E-state index contributed by atoms with van der Waals surface area (Å²) in [6.45, 7) is 4.96. The van der Waals surface area contributed by atoms with E-state index in [0.29, 0.717) is 38.6 Å².